The first kappa shape index (κ1) is 12.8. The molecule has 98 valence electrons. The fourth-order valence-electron chi connectivity index (χ4n) is 2.12. The number of hydrogen-bond donors (Lipinski definition) is 2. The normalized spacial score (nSPS) is 22.1. The topological polar surface area (TPSA) is 58.4 Å². The van der Waals surface area contributed by atoms with Crippen LogP contribution in [0.5, 0.6) is 0 Å². The van der Waals surface area contributed by atoms with Crippen molar-refractivity contribution in [1.82, 2.24) is 10.2 Å². The monoisotopic (exact) mass is 239 g/mol. The highest BCUT2D eigenvalue weighted by atomic mass is 16.1. The second-order valence-corrected chi connectivity index (χ2v) is 5.89. The van der Waals surface area contributed by atoms with Crippen molar-refractivity contribution in [2.24, 2.45) is 11.7 Å². The van der Waals surface area contributed by atoms with E-state index in [1.807, 2.05) is 0 Å². The molecular formula is C13H25N3O. The van der Waals surface area contributed by atoms with Crippen molar-refractivity contribution in [3.05, 3.63) is 0 Å². The summed E-state index contributed by atoms with van der Waals surface area (Å²) in [4.78, 5) is 13.8. The molecule has 0 radical (unpaired) electrons. The van der Waals surface area contributed by atoms with Gasteiger partial charge >= 0.3 is 0 Å². The van der Waals surface area contributed by atoms with E-state index in [1.54, 1.807) is 0 Å². The lowest BCUT2D eigenvalue weighted by Gasteiger charge is -2.30. The lowest BCUT2D eigenvalue weighted by atomic mass is 10.2. The highest BCUT2D eigenvalue weighted by molar-refractivity contribution is 5.80. The molecule has 1 atom stereocenters. The maximum absolute atomic E-state index is 11.5. The average Bonchev–Trinajstić information content (AvgIpc) is 3.10. The summed E-state index contributed by atoms with van der Waals surface area (Å²) in [6, 6.07) is 0.838. The maximum atomic E-state index is 11.5. The number of carbonyl (C=O) groups is 1. The van der Waals surface area contributed by atoms with Crippen molar-refractivity contribution >= 4 is 5.91 Å². The van der Waals surface area contributed by atoms with Gasteiger partial charge < -0.3 is 11.1 Å². The van der Waals surface area contributed by atoms with Gasteiger partial charge in [0.2, 0.25) is 5.91 Å². The molecule has 0 spiro atoms. The van der Waals surface area contributed by atoms with Gasteiger partial charge in [0.15, 0.2) is 0 Å². The Kier molecular flexibility index (Phi) is 4.05. The third-order valence-corrected chi connectivity index (χ3v) is 3.69. The number of nitrogens with two attached hydrogens (primary N) is 1. The SMILES string of the molecule is CC(C)N(CC1CC1)CC(NC1CC1)C(N)=O. The van der Waals surface area contributed by atoms with Gasteiger partial charge in [0, 0.05) is 25.2 Å². The summed E-state index contributed by atoms with van der Waals surface area (Å²) in [5, 5.41) is 3.35. The Morgan fingerprint density at radius 1 is 1.35 bits per heavy atom. The summed E-state index contributed by atoms with van der Waals surface area (Å²) >= 11 is 0. The molecule has 1 unspecified atom stereocenters. The molecule has 2 saturated carbocycles. The molecule has 2 fully saturated rings. The Labute approximate surface area is 104 Å². The number of hydrogen-bond acceptors (Lipinski definition) is 3. The van der Waals surface area contributed by atoms with E-state index in [4.69, 9.17) is 5.73 Å². The zero-order valence-corrected chi connectivity index (χ0v) is 11.0. The first-order valence-electron chi connectivity index (χ1n) is 6.85. The fraction of sp³-hybridized carbons (Fsp3) is 0.923. The molecule has 0 heterocycles. The van der Waals surface area contributed by atoms with E-state index in [0.717, 1.165) is 19.0 Å². The molecule has 1 amide bonds. The minimum Gasteiger partial charge on any atom is -0.368 e. The lowest BCUT2D eigenvalue weighted by Crippen LogP contribution is -2.51. The van der Waals surface area contributed by atoms with Crippen LogP contribution in [-0.2, 0) is 4.79 Å². The standard InChI is InChI=1S/C13H25N3O/c1-9(2)16(7-10-3-4-10)8-12(13(14)17)15-11-5-6-11/h9-12,15H,3-8H2,1-2H3,(H2,14,17). The van der Waals surface area contributed by atoms with E-state index >= 15 is 0 Å². The van der Waals surface area contributed by atoms with Crippen molar-refractivity contribution in [3.8, 4) is 0 Å². The van der Waals surface area contributed by atoms with E-state index in [9.17, 15) is 4.79 Å². The van der Waals surface area contributed by atoms with E-state index in [-0.39, 0.29) is 11.9 Å². The largest absolute Gasteiger partial charge is 0.368 e. The van der Waals surface area contributed by atoms with E-state index in [0.29, 0.717) is 12.1 Å². The van der Waals surface area contributed by atoms with Crippen molar-refractivity contribution < 1.29 is 4.79 Å². The van der Waals surface area contributed by atoms with Crippen LogP contribution < -0.4 is 11.1 Å². The number of carbonyl (C=O) groups excluding carboxylic acids is 1. The Hall–Kier alpha value is -0.610. The number of nitrogens with zero attached hydrogens (tertiary/aromatic N) is 1. The van der Waals surface area contributed by atoms with Gasteiger partial charge in [-0.2, -0.15) is 0 Å². The number of rotatable bonds is 8. The van der Waals surface area contributed by atoms with Gasteiger partial charge in [-0.05, 0) is 45.4 Å². The molecular weight excluding hydrogens is 214 g/mol. The van der Waals surface area contributed by atoms with Gasteiger partial charge in [0.1, 0.15) is 0 Å². The van der Waals surface area contributed by atoms with Gasteiger partial charge in [-0.1, -0.05) is 0 Å². The molecule has 4 heteroatoms. The second kappa shape index (κ2) is 5.36. The van der Waals surface area contributed by atoms with Gasteiger partial charge in [0.25, 0.3) is 0 Å². The Bertz CT molecular complexity index is 272. The summed E-state index contributed by atoms with van der Waals surface area (Å²) in [6.07, 6.45) is 5.07. The summed E-state index contributed by atoms with van der Waals surface area (Å²) < 4.78 is 0. The smallest absolute Gasteiger partial charge is 0.235 e. The second-order valence-electron chi connectivity index (χ2n) is 5.89. The first-order valence-corrected chi connectivity index (χ1v) is 6.85. The van der Waals surface area contributed by atoms with Crippen molar-refractivity contribution in [2.45, 2.75) is 57.7 Å². The minimum absolute atomic E-state index is 0.177. The molecule has 0 aromatic rings. The van der Waals surface area contributed by atoms with Crippen LogP contribution in [0.4, 0.5) is 0 Å². The van der Waals surface area contributed by atoms with Gasteiger partial charge in [-0.3, -0.25) is 9.69 Å². The molecule has 2 rings (SSSR count). The molecule has 17 heavy (non-hydrogen) atoms. The molecule has 3 N–H and O–H groups in total. The van der Waals surface area contributed by atoms with Crippen LogP contribution in [0.3, 0.4) is 0 Å². The Balaban J connectivity index is 1.84. The van der Waals surface area contributed by atoms with Crippen LogP contribution in [0, 0.1) is 5.92 Å². The van der Waals surface area contributed by atoms with Crippen LogP contribution >= 0.6 is 0 Å². The number of primary amides is 1. The molecule has 0 aromatic carbocycles. The van der Waals surface area contributed by atoms with Gasteiger partial charge in [0.05, 0.1) is 6.04 Å². The van der Waals surface area contributed by atoms with E-state index < -0.39 is 0 Å². The van der Waals surface area contributed by atoms with Crippen molar-refractivity contribution in [1.29, 1.82) is 0 Å². The Morgan fingerprint density at radius 3 is 2.41 bits per heavy atom. The van der Waals surface area contributed by atoms with Gasteiger partial charge in [-0.25, -0.2) is 0 Å². The highest BCUT2D eigenvalue weighted by Gasteiger charge is 2.31. The number of nitrogens with one attached hydrogen (secondary N) is 1. The number of amides is 1. The van der Waals surface area contributed by atoms with Crippen LogP contribution in [0.2, 0.25) is 0 Å². The zero-order valence-electron chi connectivity index (χ0n) is 11.0. The van der Waals surface area contributed by atoms with Crippen LogP contribution in [0.15, 0.2) is 0 Å². The summed E-state index contributed by atoms with van der Waals surface area (Å²) in [5.74, 6) is 0.644. The summed E-state index contributed by atoms with van der Waals surface area (Å²) in [5.41, 5.74) is 5.48. The fourth-order valence-corrected chi connectivity index (χ4v) is 2.12. The third kappa shape index (κ3) is 4.28. The lowest BCUT2D eigenvalue weighted by molar-refractivity contribution is -0.120. The molecule has 0 aromatic heterocycles. The minimum atomic E-state index is -0.210. The molecule has 2 aliphatic rings. The van der Waals surface area contributed by atoms with Gasteiger partial charge in [-0.15, -0.1) is 0 Å². The zero-order chi connectivity index (χ0) is 12.4. The molecule has 4 nitrogen and oxygen atoms in total. The maximum Gasteiger partial charge on any atom is 0.235 e. The summed E-state index contributed by atoms with van der Waals surface area (Å²) in [7, 11) is 0. The first-order chi connectivity index (χ1) is 8.06. The molecule has 2 aliphatic carbocycles. The van der Waals surface area contributed by atoms with Crippen molar-refractivity contribution in [3.63, 3.8) is 0 Å². The molecule has 0 bridgehead atoms. The van der Waals surface area contributed by atoms with E-state index in [1.165, 1.54) is 25.7 Å². The van der Waals surface area contributed by atoms with E-state index in [2.05, 4.69) is 24.1 Å². The Morgan fingerprint density at radius 2 is 2.00 bits per heavy atom. The van der Waals surface area contributed by atoms with Crippen LogP contribution in [0.25, 0.3) is 0 Å². The van der Waals surface area contributed by atoms with Crippen molar-refractivity contribution in [2.75, 3.05) is 13.1 Å². The van der Waals surface area contributed by atoms with Crippen LogP contribution in [-0.4, -0.2) is 42.0 Å². The van der Waals surface area contributed by atoms with Crippen LogP contribution in [0.1, 0.15) is 39.5 Å². The predicted molar refractivity (Wildman–Crippen MR) is 68.6 cm³/mol. The third-order valence-electron chi connectivity index (χ3n) is 3.69. The molecule has 0 saturated heterocycles. The molecule has 0 aliphatic heterocycles. The average molecular weight is 239 g/mol. The quantitative estimate of drug-likeness (QED) is 0.656. The summed E-state index contributed by atoms with van der Waals surface area (Å²) in [6.45, 7) is 6.27. The highest BCUT2D eigenvalue weighted by Crippen LogP contribution is 2.30. The predicted octanol–water partition coefficient (Wildman–Crippen LogP) is 0.713.